The Morgan fingerprint density at radius 3 is 2.46 bits per heavy atom. The molecule has 208 valence electrons. The lowest BCUT2D eigenvalue weighted by atomic mass is 9.87. The number of esters is 1. The third kappa shape index (κ3) is 6.41. The number of carbonyl (C=O) groups excluding carboxylic acids is 1. The summed E-state index contributed by atoms with van der Waals surface area (Å²) in [7, 11) is 2.84. The van der Waals surface area contributed by atoms with E-state index in [2.05, 4.69) is 0 Å². The van der Waals surface area contributed by atoms with Crippen LogP contribution in [0.5, 0.6) is 11.5 Å². The summed E-state index contributed by atoms with van der Waals surface area (Å²) in [6.07, 6.45) is 2.46. The van der Waals surface area contributed by atoms with Crippen LogP contribution in [-0.4, -0.2) is 25.3 Å². The van der Waals surface area contributed by atoms with Gasteiger partial charge in [0.05, 0.1) is 26.7 Å². The molecule has 3 aromatic rings. The van der Waals surface area contributed by atoms with Crippen molar-refractivity contribution < 1.29 is 32.9 Å². The van der Waals surface area contributed by atoms with Crippen molar-refractivity contribution >= 4 is 5.97 Å². The number of halogens is 2. The van der Waals surface area contributed by atoms with E-state index >= 15 is 4.39 Å². The normalized spacial score (nSPS) is 15.4. The highest BCUT2D eigenvalue weighted by atomic mass is 19.1. The molecule has 1 N–H and O–H groups in total. The quantitative estimate of drug-likeness (QED) is 0.242. The number of aliphatic hydroxyl groups is 1. The van der Waals surface area contributed by atoms with Crippen LogP contribution in [0.15, 0.2) is 54.6 Å². The Labute approximate surface area is 228 Å². The number of ether oxygens (including phenoxy) is 3. The van der Waals surface area contributed by atoms with Gasteiger partial charge >= 0.3 is 5.97 Å². The van der Waals surface area contributed by atoms with E-state index in [9.17, 15) is 14.3 Å². The lowest BCUT2D eigenvalue weighted by Gasteiger charge is -2.23. The van der Waals surface area contributed by atoms with Gasteiger partial charge in [0.2, 0.25) is 0 Å². The van der Waals surface area contributed by atoms with E-state index in [1.165, 1.54) is 20.3 Å². The molecule has 0 amide bonds. The van der Waals surface area contributed by atoms with E-state index in [-0.39, 0.29) is 36.1 Å². The third-order valence-electron chi connectivity index (χ3n) is 7.68. The van der Waals surface area contributed by atoms with E-state index in [1.807, 2.05) is 13.8 Å². The first-order chi connectivity index (χ1) is 18.7. The van der Waals surface area contributed by atoms with Gasteiger partial charge in [0, 0.05) is 5.56 Å². The molecule has 39 heavy (non-hydrogen) atoms. The zero-order chi connectivity index (χ0) is 28.2. The van der Waals surface area contributed by atoms with Gasteiger partial charge in [-0.1, -0.05) is 44.5 Å². The highest BCUT2D eigenvalue weighted by Gasteiger charge is 2.45. The Morgan fingerprint density at radius 2 is 1.79 bits per heavy atom. The fraction of sp³-hybridized carbons (Fsp3) is 0.406. The van der Waals surface area contributed by atoms with Crippen LogP contribution < -0.4 is 9.47 Å². The van der Waals surface area contributed by atoms with Gasteiger partial charge < -0.3 is 19.3 Å². The summed E-state index contributed by atoms with van der Waals surface area (Å²) >= 11 is 0. The Morgan fingerprint density at radius 1 is 1.03 bits per heavy atom. The number of methoxy groups -OCH3 is 2. The number of carbonyl (C=O) groups is 1. The molecule has 1 fully saturated rings. The predicted octanol–water partition coefficient (Wildman–Crippen LogP) is 7.50. The molecular weight excluding hydrogens is 502 g/mol. The van der Waals surface area contributed by atoms with Crippen molar-refractivity contribution in [3.63, 3.8) is 0 Å². The molecular formula is C32H36F2O5. The second-order valence-corrected chi connectivity index (χ2v) is 10.5. The van der Waals surface area contributed by atoms with Gasteiger partial charge in [-0.15, -0.1) is 0 Å². The molecule has 0 bridgehead atoms. The smallest absolute Gasteiger partial charge is 0.306 e. The summed E-state index contributed by atoms with van der Waals surface area (Å²) in [4.78, 5) is 11.9. The van der Waals surface area contributed by atoms with Crippen molar-refractivity contribution in [1.29, 1.82) is 0 Å². The first kappa shape index (κ1) is 28.6. The van der Waals surface area contributed by atoms with E-state index in [4.69, 9.17) is 14.2 Å². The zero-order valence-corrected chi connectivity index (χ0v) is 22.9. The molecule has 0 unspecified atom stereocenters. The fourth-order valence-corrected chi connectivity index (χ4v) is 4.97. The highest BCUT2D eigenvalue weighted by molar-refractivity contribution is 5.71. The summed E-state index contributed by atoms with van der Waals surface area (Å²) in [6, 6.07) is 14.8. The standard InChI is InChI=1S/C32H36F2O5/c1-5-7-21(17-29(35)38-4)23-8-6-9-28(30(23)34)39-19-20-10-12-24(25-18-22(37-3)11-13-27(25)33)26(16-20)31(36)32(2)14-15-32/h6,8-13,16,18,21,31,36H,5,7,14-15,17,19H2,1-4H3/t21-,31-/m0/s1. The largest absolute Gasteiger partial charge is 0.497 e. The van der Waals surface area contributed by atoms with Gasteiger partial charge in [0.15, 0.2) is 11.6 Å². The second kappa shape index (κ2) is 12.2. The third-order valence-corrected chi connectivity index (χ3v) is 7.68. The maximum atomic E-state index is 15.5. The molecule has 0 heterocycles. The zero-order valence-electron chi connectivity index (χ0n) is 22.9. The van der Waals surface area contributed by atoms with Crippen molar-refractivity contribution in [3.05, 3.63) is 82.9 Å². The number of aliphatic hydroxyl groups excluding tert-OH is 1. The Hall–Kier alpha value is -3.45. The van der Waals surface area contributed by atoms with Crippen LogP contribution in [0.4, 0.5) is 8.78 Å². The molecule has 0 saturated heterocycles. The van der Waals surface area contributed by atoms with E-state index in [0.717, 1.165) is 19.3 Å². The van der Waals surface area contributed by atoms with Crippen molar-refractivity contribution in [2.75, 3.05) is 14.2 Å². The fourth-order valence-electron chi connectivity index (χ4n) is 4.97. The molecule has 0 aromatic heterocycles. The maximum absolute atomic E-state index is 15.5. The highest BCUT2D eigenvalue weighted by Crippen LogP contribution is 2.55. The van der Waals surface area contributed by atoms with Crippen LogP contribution in [0.3, 0.4) is 0 Å². The molecule has 2 atom stereocenters. The number of rotatable bonds is 12. The molecule has 0 aliphatic heterocycles. The van der Waals surface area contributed by atoms with Crippen molar-refractivity contribution in [3.8, 4) is 22.6 Å². The van der Waals surface area contributed by atoms with Gasteiger partial charge in [0.1, 0.15) is 18.2 Å². The first-order valence-electron chi connectivity index (χ1n) is 13.3. The lowest BCUT2D eigenvalue weighted by molar-refractivity contribution is -0.141. The monoisotopic (exact) mass is 538 g/mol. The van der Waals surface area contributed by atoms with Crippen LogP contribution in [0, 0.1) is 17.0 Å². The Kier molecular flexibility index (Phi) is 8.90. The van der Waals surface area contributed by atoms with Crippen molar-refractivity contribution in [2.24, 2.45) is 5.41 Å². The number of benzene rings is 3. The number of hydrogen-bond donors (Lipinski definition) is 1. The molecule has 7 heteroatoms. The summed E-state index contributed by atoms with van der Waals surface area (Å²) < 4.78 is 46.4. The average molecular weight is 539 g/mol. The minimum atomic E-state index is -0.800. The summed E-state index contributed by atoms with van der Waals surface area (Å²) in [5.41, 5.74) is 2.36. The summed E-state index contributed by atoms with van der Waals surface area (Å²) in [5.74, 6) is -1.02. The SMILES string of the molecule is CCC[C@@H](CC(=O)OC)c1cccc(OCc2ccc(-c3cc(OC)ccc3F)c([C@H](O)C3(C)CC3)c2)c1F. The average Bonchev–Trinajstić information content (AvgIpc) is 3.70. The van der Waals surface area contributed by atoms with Crippen LogP contribution in [0.1, 0.15) is 74.7 Å². The van der Waals surface area contributed by atoms with E-state index < -0.39 is 17.7 Å². The molecule has 1 saturated carbocycles. The van der Waals surface area contributed by atoms with Crippen LogP contribution in [0.25, 0.3) is 11.1 Å². The molecule has 1 aliphatic rings. The van der Waals surface area contributed by atoms with Crippen molar-refractivity contribution in [1.82, 2.24) is 0 Å². The van der Waals surface area contributed by atoms with E-state index in [1.54, 1.807) is 48.5 Å². The molecule has 3 aromatic carbocycles. The number of hydrogen-bond acceptors (Lipinski definition) is 5. The van der Waals surface area contributed by atoms with Gasteiger partial charge in [-0.2, -0.15) is 0 Å². The second-order valence-electron chi connectivity index (χ2n) is 10.5. The van der Waals surface area contributed by atoms with E-state index in [0.29, 0.717) is 40.0 Å². The summed E-state index contributed by atoms with van der Waals surface area (Å²) in [5, 5.41) is 11.3. The minimum absolute atomic E-state index is 0.0487. The van der Waals surface area contributed by atoms with Gasteiger partial charge in [-0.05, 0) is 83.2 Å². The van der Waals surface area contributed by atoms with Gasteiger partial charge in [-0.3, -0.25) is 4.79 Å². The van der Waals surface area contributed by atoms with Gasteiger partial charge in [0.25, 0.3) is 0 Å². The maximum Gasteiger partial charge on any atom is 0.306 e. The van der Waals surface area contributed by atoms with Crippen LogP contribution >= 0.6 is 0 Å². The van der Waals surface area contributed by atoms with Crippen LogP contribution in [-0.2, 0) is 16.1 Å². The Balaban J connectivity index is 1.63. The first-order valence-corrected chi connectivity index (χ1v) is 13.3. The predicted molar refractivity (Wildman–Crippen MR) is 146 cm³/mol. The van der Waals surface area contributed by atoms with Gasteiger partial charge in [-0.25, -0.2) is 8.78 Å². The minimum Gasteiger partial charge on any atom is -0.497 e. The van der Waals surface area contributed by atoms with Crippen molar-refractivity contribution in [2.45, 2.75) is 64.6 Å². The topological polar surface area (TPSA) is 65.0 Å². The molecule has 5 nitrogen and oxygen atoms in total. The summed E-state index contributed by atoms with van der Waals surface area (Å²) in [6.45, 7) is 4.04. The molecule has 1 aliphatic carbocycles. The lowest BCUT2D eigenvalue weighted by Crippen LogP contribution is -2.12. The molecule has 0 radical (unpaired) electrons. The van der Waals surface area contributed by atoms with Crippen LogP contribution in [0.2, 0.25) is 0 Å². The molecule has 0 spiro atoms. The Bertz CT molecular complexity index is 1320. The molecule has 4 rings (SSSR count).